The molecule has 4 N–H and O–H groups in total. The zero-order valence-electron chi connectivity index (χ0n) is 15.3. The van der Waals surface area contributed by atoms with Gasteiger partial charge in [-0.3, -0.25) is 4.79 Å². The summed E-state index contributed by atoms with van der Waals surface area (Å²) in [6, 6.07) is 12.3. The third kappa shape index (κ3) is 6.15. The third-order valence-corrected chi connectivity index (χ3v) is 4.69. The number of Topliss-reactive ketones (excluding diaryl/α,β-unsaturated/α-hetero) is 1. The minimum Gasteiger partial charge on any atom is -0.394 e. The van der Waals surface area contributed by atoms with Crippen molar-refractivity contribution in [2.75, 3.05) is 6.61 Å². The van der Waals surface area contributed by atoms with Gasteiger partial charge in [0.05, 0.1) is 12.3 Å². The number of ketones is 1. The summed E-state index contributed by atoms with van der Waals surface area (Å²) < 4.78 is 0. The maximum Gasteiger partial charge on any atom is 0.179 e. The molecule has 0 amide bonds. The lowest BCUT2D eigenvalue weighted by Crippen LogP contribution is -2.40. The van der Waals surface area contributed by atoms with Gasteiger partial charge in [-0.2, -0.15) is 0 Å². The van der Waals surface area contributed by atoms with Gasteiger partial charge in [-0.1, -0.05) is 30.3 Å². The second-order valence-corrected chi connectivity index (χ2v) is 7.27. The summed E-state index contributed by atoms with van der Waals surface area (Å²) in [5, 5.41) is 9.25. The summed E-state index contributed by atoms with van der Waals surface area (Å²) in [4.78, 5) is 15.6. The second kappa shape index (κ2) is 8.97. The molecule has 1 atom stereocenters. The standard InChI is InChI=1S/C21H30N2O2/c1-16-14-19(23-18(16)12-13-21(2,22)15-24)20(25)11-7-6-10-17-8-4-3-5-9-17/h3-5,8-9,14,23-24H,6-7,10-13,15,22H2,1-2H3. The minimum atomic E-state index is -0.584. The van der Waals surface area contributed by atoms with Crippen molar-refractivity contribution in [1.29, 1.82) is 0 Å². The Morgan fingerprint density at radius 3 is 2.60 bits per heavy atom. The number of aromatic nitrogens is 1. The number of H-pyrrole nitrogens is 1. The van der Waals surface area contributed by atoms with Crippen molar-refractivity contribution >= 4 is 5.78 Å². The first-order valence-electron chi connectivity index (χ1n) is 9.06. The Labute approximate surface area is 150 Å². The molecule has 1 aromatic carbocycles. The van der Waals surface area contributed by atoms with Crippen molar-refractivity contribution in [3.63, 3.8) is 0 Å². The number of benzene rings is 1. The fraction of sp³-hybridized carbons (Fsp3) is 0.476. The van der Waals surface area contributed by atoms with Crippen LogP contribution >= 0.6 is 0 Å². The van der Waals surface area contributed by atoms with Crippen LogP contribution in [0.2, 0.25) is 0 Å². The van der Waals surface area contributed by atoms with Crippen molar-refractivity contribution in [2.45, 2.75) is 57.9 Å². The number of nitrogens with one attached hydrogen (secondary N) is 1. The van der Waals surface area contributed by atoms with Crippen LogP contribution in [0.3, 0.4) is 0 Å². The number of aliphatic hydroxyl groups is 1. The summed E-state index contributed by atoms with van der Waals surface area (Å²) in [6.45, 7) is 3.80. The Morgan fingerprint density at radius 1 is 1.20 bits per heavy atom. The van der Waals surface area contributed by atoms with Crippen LogP contribution in [0.4, 0.5) is 0 Å². The molecule has 0 radical (unpaired) electrons. The Bertz CT molecular complexity index is 674. The second-order valence-electron chi connectivity index (χ2n) is 7.27. The number of hydrogen-bond acceptors (Lipinski definition) is 3. The monoisotopic (exact) mass is 342 g/mol. The SMILES string of the molecule is Cc1cc(C(=O)CCCCc2ccccc2)[nH]c1CCC(C)(N)CO. The van der Waals surface area contributed by atoms with Crippen molar-refractivity contribution in [1.82, 2.24) is 4.98 Å². The largest absolute Gasteiger partial charge is 0.394 e. The van der Waals surface area contributed by atoms with Crippen LogP contribution in [0.25, 0.3) is 0 Å². The molecule has 0 fully saturated rings. The fourth-order valence-corrected chi connectivity index (χ4v) is 2.89. The summed E-state index contributed by atoms with van der Waals surface area (Å²) in [5.41, 5.74) is 9.53. The molecule has 0 spiro atoms. The number of hydrogen-bond donors (Lipinski definition) is 3. The molecule has 0 saturated heterocycles. The van der Waals surface area contributed by atoms with E-state index in [1.807, 2.05) is 38.1 Å². The van der Waals surface area contributed by atoms with E-state index in [-0.39, 0.29) is 12.4 Å². The first-order valence-corrected chi connectivity index (χ1v) is 9.06. The predicted octanol–water partition coefficient (Wildman–Crippen LogP) is 3.56. The maximum absolute atomic E-state index is 12.4. The van der Waals surface area contributed by atoms with Crippen molar-refractivity contribution in [3.8, 4) is 0 Å². The zero-order valence-corrected chi connectivity index (χ0v) is 15.3. The molecule has 0 saturated carbocycles. The van der Waals surface area contributed by atoms with Gasteiger partial charge in [0.15, 0.2) is 5.78 Å². The van der Waals surface area contributed by atoms with Crippen LogP contribution in [-0.2, 0) is 12.8 Å². The highest BCUT2D eigenvalue weighted by atomic mass is 16.3. The molecule has 0 aliphatic rings. The molecular weight excluding hydrogens is 312 g/mol. The molecule has 0 aliphatic heterocycles. The predicted molar refractivity (Wildman–Crippen MR) is 102 cm³/mol. The number of nitrogens with two attached hydrogens (primary N) is 1. The minimum absolute atomic E-state index is 0.0417. The number of unbranched alkanes of at least 4 members (excludes halogenated alkanes) is 1. The molecule has 4 nitrogen and oxygen atoms in total. The smallest absolute Gasteiger partial charge is 0.179 e. The molecule has 0 aliphatic carbocycles. The lowest BCUT2D eigenvalue weighted by Gasteiger charge is -2.21. The van der Waals surface area contributed by atoms with Crippen LogP contribution in [0.1, 0.15) is 59.9 Å². The van der Waals surface area contributed by atoms with E-state index < -0.39 is 5.54 Å². The zero-order chi connectivity index (χ0) is 18.3. The number of aliphatic hydroxyl groups excluding tert-OH is 1. The highest BCUT2D eigenvalue weighted by molar-refractivity contribution is 5.94. The molecule has 1 unspecified atom stereocenters. The Hall–Kier alpha value is -1.91. The van der Waals surface area contributed by atoms with E-state index in [0.717, 1.165) is 36.9 Å². The maximum atomic E-state index is 12.4. The summed E-state index contributed by atoms with van der Waals surface area (Å²) >= 11 is 0. The van der Waals surface area contributed by atoms with E-state index in [4.69, 9.17) is 5.73 Å². The quantitative estimate of drug-likeness (QED) is 0.456. The van der Waals surface area contributed by atoms with Crippen LogP contribution in [0.5, 0.6) is 0 Å². The van der Waals surface area contributed by atoms with Gasteiger partial charge in [0.25, 0.3) is 0 Å². The third-order valence-electron chi connectivity index (χ3n) is 4.69. The number of carbonyl (C=O) groups is 1. The average Bonchev–Trinajstić information content (AvgIpc) is 2.99. The first kappa shape index (κ1) is 19.4. The van der Waals surface area contributed by atoms with E-state index in [0.29, 0.717) is 18.5 Å². The average molecular weight is 342 g/mol. The van der Waals surface area contributed by atoms with Gasteiger partial charge in [-0.05, 0) is 63.1 Å². The van der Waals surface area contributed by atoms with Crippen molar-refractivity contribution in [3.05, 3.63) is 58.9 Å². The van der Waals surface area contributed by atoms with Gasteiger partial charge in [-0.25, -0.2) is 0 Å². The first-order chi connectivity index (χ1) is 11.9. The van der Waals surface area contributed by atoms with E-state index in [2.05, 4.69) is 17.1 Å². The number of rotatable bonds is 10. The van der Waals surface area contributed by atoms with Crippen molar-refractivity contribution < 1.29 is 9.90 Å². The Morgan fingerprint density at radius 2 is 1.92 bits per heavy atom. The molecule has 136 valence electrons. The molecule has 4 heteroatoms. The topological polar surface area (TPSA) is 79.1 Å². The lowest BCUT2D eigenvalue weighted by atomic mass is 9.96. The molecular formula is C21H30N2O2. The highest BCUT2D eigenvalue weighted by Crippen LogP contribution is 2.17. The molecule has 2 aromatic rings. The summed E-state index contributed by atoms with van der Waals surface area (Å²) in [7, 11) is 0. The van der Waals surface area contributed by atoms with E-state index in [1.165, 1.54) is 5.56 Å². The molecule has 2 rings (SSSR count). The van der Waals surface area contributed by atoms with Crippen LogP contribution < -0.4 is 5.73 Å². The fourth-order valence-electron chi connectivity index (χ4n) is 2.89. The van der Waals surface area contributed by atoms with Gasteiger partial charge in [0.1, 0.15) is 0 Å². The van der Waals surface area contributed by atoms with Gasteiger partial charge >= 0.3 is 0 Å². The van der Waals surface area contributed by atoms with Crippen LogP contribution in [0.15, 0.2) is 36.4 Å². The van der Waals surface area contributed by atoms with E-state index in [9.17, 15) is 9.90 Å². The Kier molecular flexibility index (Phi) is 6.97. The van der Waals surface area contributed by atoms with Gasteiger partial charge in [0, 0.05) is 17.7 Å². The van der Waals surface area contributed by atoms with Crippen LogP contribution in [-0.4, -0.2) is 28.0 Å². The van der Waals surface area contributed by atoms with Crippen molar-refractivity contribution in [2.24, 2.45) is 5.73 Å². The van der Waals surface area contributed by atoms with E-state index in [1.54, 1.807) is 0 Å². The highest BCUT2D eigenvalue weighted by Gasteiger charge is 2.18. The number of carbonyl (C=O) groups excluding carboxylic acids is 1. The van der Waals surface area contributed by atoms with Gasteiger partial charge in [-0.15, -0.1) is 0 Å². The molecule has 1 heterocycles. The molecule has 25 heavy (non-hydrogen) atoms. The normalized spacial score (nSPS) is 13.6. The lowest BCUT2D eigenvalue weighted by molar-refractivity contribution is 0.0975. The van der Waals surface area contributed by atoms with Gasteiger partial charge in [0.2, 0.25) is 0 Å². The number of aromatic amines is 1. The molecule has 0 bridgehead atoms. The summed E-state index contributed by atoms with van der Waals surface area (Å²) in [6.07, 6.45) is 4.91. The van der Waals surface area contributed by atoms with E-state index >= 15 is 0 Å². The van der Waals surface area contributed by atoms with Gasteiger partial charge < -0.3 is 15.8 Å². The molecule has 1 aromatic heterocycles. The Balaban J connectivity index is 1.80. The summed E-state index contributed by atoms with van der Waals surface area (Å²) in [5.74, 6) is 0.167. The number of aryl methyl sites for hydroxylation is 3. The van der Waals surface area contributed by atoms with Crippen LogP contribution in [0, 0.1) is 6.92 Å².